The van der Waals surface area contributed by atoms with E-state index in [2.05, 4.69) is 6.92 Å². The minimum absolute atomic E-state index is 0.200. The highest BCUT2D eigenvalue weighted by molar-refractivity contribution is 5.88. The number of carboxylic acid groups (broad SMARTS) is 1. The van der Waals surface area contributed by atoms with Crippen LogP contribution < -0.4 is 0 Å². The number of hydrogen-bond donors (Lipinski definition) is 2. The van der Waals surface area contributed by atoms with Gasteiger partial charge in [0, 0.05) is 11.0 Å². The predicted molar refractivity (Wildman–Crippen MR) is 70.2 cm³/mol. The molecule has 3 heteroatoms. The van der Waals surface area contributed by atoms with Crippen molar-refractivity contribution in [3.63, 3.8) is 0 Å². The van der Waals surface area contributed by atoms with Crippen molar-refractivity contribution in [3.8, 4) is 0 Å². The van der Waals surface area contributed by atoms with Gasteiger partial charge in [0.25, 0.3) is 0 Å². The van der Waals surface area contributed by atoms with Gasteiger partial charge >= 0.3 is 5.97 Å². The first-order chi connectivity index (χ1) is 8.27. The number of aliphatic carboxylic acids is 1. The summed E-state index contributed by atoms with van der Waals surface area (Å²) in [6.45, 7) is 5.85. The van der Waals surface area contributed by atoms with E-state index in [1.54, 1.807) is 0 Å². The normalized spacial score (nSPS) is 36.8. The van der Waals surface area contributed by atoms with Crippen LogP contribution in [0.25, 0.3) is 0 Å². The Kier molecular flexibility index (Phi) is 3.30. The van der Waals surface area contributed by atoms with E-state index in [0.29, 0.717) is 11.5 Å². The summed E-state index contributed by atoms with van der Waals surface area (Å²) in [5.41, 5.74) is -0.299. The summed E-state index contributed by atoms with van der Waals surface area (Å²) < 4.78 is 0. The molecule has 0 heterocycles. The van der Waals surface area contributed by atoms with Crippen molar-refractivity contribution in [1.82, 2.24) is 0 Å². The van der Waals surface area contributed by atoms with Crippen LogP contribution >= 0.6 is 0 Å². The first-order valence-corrected chi connectivity index (χ1v) is 6.93. The van der Waals surface area contributed by atoms with Crippen LogP contribution in [0.15, 0.2) is 11.6 Å². The zero-order valence-electron chi connectivity index (χ0n) is 11.6. The second kappa shape index (κ2) is 4.37. The van der Waals surface area contributed by atoms with Gasteiger partial charge in [-0.25, -0.2) is 4.79 Å². The first kappa shape index (κ1) is 13.6. The maximum atomic E-state index is 11.5. The molecule has 2 aliphatic carbocycles. The third kappa shape index (κ3) is 2.09. The Morgan fingerprint density at radius 2 is 2.11 bits per heavy atom. The van der Waals surface area contributed by atoms with Crippen LogP contribution in [0, 0.1) is 17.3 Å². The van der Waals surface area contributed by atoms with Crippen molar-refractivity contribution in [2.45, 2.75) is 58.5 Å². The van der Waals surface area contributed by atoms with Crippen LogP contribution in [-0.4, -0.2) is 21.8 Å². The highest BCUT2D eigenvalue weighted by Gasteiger charge is 2.51. The predicted octanol–water partition coefficient (Wildman–Crippen LogP) is 2.98. The van der Waals surface area contributed by atoms with Crippen molar-refractivity contribution in [2.75, 3.05) is 0 Å². The second-order valence-electron chi connectivity index (χ2n) is 6.65. The fourth-order valence-corrected chi connectivity index (χ4v) is 3.89. The lowest BCUT2D eigenvalue weighted by molar-refractivity contribution is -0.134. The van der Waals surface area contributed by atoms with Gasteiger partial charge in [0.1, 0.15) is 0 Å². The molecule has 2 unspecified atom stereocenters. The summed E-state index contributed by atoms with van der Waals surface area (Å²) in [7, 11) is 0. The van der Waals surface area contributed by atoms with Gasteiger partial charge in [0.2, 0.25) is 0 Å². The molecular weight excluding hydrogens is 228 g/mol. The van der Waals surface area contributed by atoms with E-state index in [1.165, 1.54) is 0 Å². The zero-order chi connectivity index (χ0) is 13.6. The SMILES string of the molecule is CC1CCC=C(C(=O)O)C12CC[C@@H](C(C)(C)O)C2. The lowest BCUT2D eigenvalue weighted by atomic mass is 9.64. The highest BCUT2D eigenvalue weighted by atomic mass is 16.4. The van der Waals surface area contributed by atoms with Gasteiger partial charge in [0.15, 0.2) is 0 Å². The third-order valence-electron chi connectivity index (χ3n) is 5.21. The molecule has 0 amide bonds. The second-order valence-corrected chi connectivity index (χ2v) is 6.65. The minimum atomic E-state index is -0.766. The largest absolute Gasteiger partial charge is 0.478 e. The molecule has 2 aliphatic rings. The van der Waals surface area contributed by atoms with Gasteiger partial charge < -0.3 is 10.2 Å². The molecular formula is C15H24O3. The number of aliphatic hydroxyl groups is 1. The van der Waals surface area contributed by atoms with Gasteiger partial charge in [-0.15, -0.1) is 0 Å². The van der Waals surface area contributed by atoms with E-state index in [0.717, 1.165) is 32.1 Å². The molecule has 3 atom stereocenters. The van der Waals surface area contributed by atoms with Crippen molar-refractivity contribution in [1.29, 1.82) is 0 Å². The third-order valence-corrected chi connectivity index (χ3v) is 5.21. The van der Waals surface area contributed by atoms with Crippen LogP contribution in [0.2, 0.25) is 0 Å². The van der Waals surface area contributed by atoms with Gasteiger partial charge in [-0.1, -0.05) is 13.0 Å². The number of hydrogen-bond acceptors (Lipinski definition) is 2. The average molecular weight is 252 g/mol. The highest BCUT2D eigenvalue weighted by Crippen LogP contribution is 2.57. The van der Waals surface area contributed by atoms with Gasteiger partial charge in [0.05, 0.1) is 5.60 Å². The van der Waals surface area contributed by atoms with E-state index in [9.17, 15) is 15.0 Å². The Labute approximate surface area is 109 Å². The maximum absolute atomic E-state index is 11.5. The van der Waals surface area contributed by atoms with E-state index >= 15 is 0 Å². The Morgan fingerprint density at radius 1 is 1.44 bits per heavy atom. The van der Waals surface area contributed by atoms with E-state index in [1.807, 2.05) is 19.9 Å². The summed E-state index contributed by atoms with van der Waals surface area (Å²) in [5, 5.41) is 19.6. The maximum Gasteiger partial charge on any atom is 0.331 e. The summed E-state index contributed by atoms with van der Waals surface area (Å²) >= 11 is 0. The van der Waals surface area contributed by atoms with Gasteiger partial charge in [-0.2, -0.15) is 0 Å². The van der Waals surface area contributed by atoms with Crippen LogP contribution in [0.1, 0.15) is 52.9 Å². The van der Waals surface area contributed by atoms with Crippen LogP contribution in [0.3, 0.4) is 0 Å². The Bertz CT molecular complexity index is 378. The van der Waals surface area contributed by atoms with Crippen molar-refractivity contribution in [2.24, 2.45) is 17.3 Å². The molecule has 1 saturated carbocycles. The molecule has 0 aliphatic heterocycles. The number of allylic oxidation sites excluding steroid dienone is 1. The number of carboxylic acids is 1. The fraction of sp³-hybridized carbons (Fsp3) is 0.800. The number of carbonyl (C=O) groups is 1. The van der Waals surface area contributed by atoms with Gasteiger partial charge in [-0.05, 0) is 57.8 Å². The first-order valence-electron chi connectivity index (χ1n) is 6.93. The Balaban J connectivity index is 2.32. The van der Waals surface area contributed by atoms with E-state index in [-0.39, 0.29) is 11.3 Å². The molecule has 0 aromatic heterocycles. The quantitative estimate of drug-likeness (QED) is 0.794. The van der Waals surface area contributed by atoms with Crippen molar-refractivity contribution in [3.05, 3.63) is 11.6 Å². The molecule has 1 fully saturated rings. The molecule has 0 radical (unpaired) electrons. The molecule has 18 heavy (non-hydrogen) atoms. The topological polar surface area (TPSA) is 57.5 Å². The summed E-state index contributed by atoms with van der Waals surface area (Å²) in [4.78, 5) is 11.5. The molecule has 102 valence electrons. The molecule has 0 saturated heterocycles. The summed E-state index contributed by atoms with van der Waals surface area (Å²) in [6, 6.07) is 0. The zero-order valence-corrected chi connectivity index (χ0v) is 11.6. The molecule has 1 spiro atoms. The van der Waals surface area contributed by atoms with E-state index in [4.69, 9.17) is 0 Å². The summed E-state index contributed by atoms with van der Waals surface area (Å²) in [5.74, 6) is -0.153. The smallest absolute Gasteiger partial charge is 0.331 e. The van der Waals surface area contributed by atoms with Crippen molar-refractivity contribution >= 4 is 5.97 Å². The molecule has 2 rings (SSSR count). The van der Waals surface area contributed by atoms with Crippen molar-refractivity contribution < 1.29 is 15.0 Å². The van der Waals surface area contributed by atoms with Gasteiger partial charge in [-0.3, -0.25) is 0 Å². The molecule has 0 aromatic carbocycles. The monoisotopic (exact) mass is 252 g/mol. The molecule has 2 N–H and O–H groups in total. The summed E-state index contributed by atoms with van der Waals surface area (Å²) in [6.07, 6.45) is 6.50. The van der Waals surface area contributed by atoms with Crippen LogP contribution in [0.4, 0.5) is 0 Å². The standard InChI is InChI=1S/C15H24O3/c1-10-5-4-6-12(13(16)17)15(10)8-7-11(9-15)14(2,3)18/h6,10-11,18H,4-5,7-9H2,1-3H3,(H,16,17)/t10?,11-,15?/m1/s1. The van der Waals surface area contributed by atoms with Crippen LogP contribution in [0.5, 0.6) is 0 Å². The van der Waals surface area contributed by atoms with E-state index < -0.39 is 11.6 Å². The number of rotatable bonds is 2. The molecule has 3 nitrogen and oxygen atoms in total. The lowest BCUT2D eigenvalue weighted by Crippen LogP contribution is -2.37. The molecule has 0 bridgehead atoms. The lowest BCUT2D eigenvalue weighted by Gasteiger charge is -2.40. The molecule has 0 aromatic rings. The minimum Gasteiger partial charge on any atom is -0.478 e. The average Bonchev–Trinajstić information content (AvgIpc) is 2.67. The van der Waals surface area contributed by atoms with Crippen LogP contribution in [-0.2, 0) is 4.79 Å². The fourth-order valence-electron chi connectivity index (χ4n) is 3.89. The Morgan fingerprint density at radius 3 is 2.61 bits per heavy atom. The Hall–Kier alpha value is -0.830.